The molecule has 7 nitrogen and oxygen atoms in total. The summed E-state index contributed by atoms with van der Waals surface area (Å²) < 4.78 is 10.2. The molecule has 0 aliphatic heterocycles. The van der Waals surface area contributed by atoms with Crippen molar-refractivity contribution in [2.24, 2.45) is 0 Å². The van der Waals surface area contributed by atoms with E-state index in [0.717, 1.165) is 4.88 Å². The van der Waals surface area contributed by atoms with E-state index in [0.29, 0.717) is 5.13 Å². The van der Waals surface area contributed by atoms with E-state index in [1.807, 2.05) is 20.8 Å². The molecule has 0 bridgehead atoms. The predicted octanol–water partition coefficient (Wildman–Crippen LogP) is 3.51. The number of carbonyl (C=O) groups excluding carboxylic acids is 2. The highest BCUT2D eigenvalue weighted by molar-refractivity contribution is 7.15. The normalized spacial score (nSPS) is 11.7. The first-order valence-corrected chi connectivity index (χ1v) is 7.66. The quantitative estimate of drug-likeness (QED) is 0.885. The number of anilines is 1. The Labute approximate surface area is 134 Å². The van der Waals surface area contributed by atoms with Crippen LogP contribution in [0.1, 0.15) is 46.4 Å². The van der Waals surface area contributed by atoms with Crippen LogP contribution in [-0.4, -0.2) is 28.3 Å². The van der Waals surface area contributed by atoms with Gasteiger partial charge in [0.15, 0.2) is 5.13 Å². The van der Waals surface area contributed by atoms with E-state index in [1.165, 1.54) is 11.3 Å². The number of rotatable bonds is 3. The van der Waals surface area contributed by atoms with Crippen LogP contribution in [0.3, 0.4) is 0 Å². The van der Waals surface area contributed by atoms with Crippen molar-refractivity contribution in [3.05, 3.63) is 11.1 Å². The highest BCUT2D eigenvalue weighted by Crippen LogP contribution is 2.20. The van der Waals surface area contributed by atoms with Gasteiger partial charge >= 0.3 is 12.2 Å². The summed E-state index contributed by atoms with van der Waals surface area (Å²) in [5, 5.41) is 5.62. The van der Waals surface area contributed by atoms with E-state index in [-0.39, 0.29) is 12.1 Å². The summed E-state index contributed by atoms with van der Waals surface area (Å²) in [4.78, 5) is 27.9. The summed E-state index contributed by atoms with van der Waals surface area (Å²) in [5.41, 5.74) is -0.924. The highest BCUT2D eigenvalue weighted by atomic mass is 32.1. The lowest BCUT2D eigenvalue weighted by atomic mass is 10.1. The summed E-state index contributed by atoms with van der Waals surface area (Å²) in [5.74, 6) is 0. The Bertz CT molecular complexity index is 529. The molecular formula is C14H23N3O4S. The van der Waals surface area contributed by atoms with Gasteiger partial charge in [0.05, 0.1) is 4.88 Å². The molecule has 0 spiro atoms. The predicted molar refractivity (Wildman–Crippen MR) is 85.0 cm³/mol. The number of alkyl carbamates (subject to hydrolysis) is 1. The molecule has 0 saturated heterocycles. The van der Waals surface area contributed by atoms with Crippen molar-refractivity contribution >= 4 is 28.7 Å². The zero-order chi connectivity index (χ0) is 17.0. The number of hydrogen-bond donors (Lipinski definition) is 2. The fourth-order valence-corrected chi connectivity index (χ4v) is 2.01. The van der Waals surface area contributed by atoms with E-state index in [1.54, 1.807) is 27.0 Å². The lowest BCUT2D eigenvalue weighted by Gasteiger charge is -2.19. The molecule has 0 saturated carbocycles. The van der Waals surface area contributed by atoms with Gasteiger partial charge in [-0.25, -0.2) is 14.6 Å². The molecule has 0 atom stereocenters. The van der Waals surface area contributed by atoms with Crippen molar-refractivity contribution in [1.82, 2.24) is 10.3 Å². The average Bonchev–Trinajstić information content (AvgIpc) is 2.68. The molecule has 0 aliphatic rings. The molecule has 22 heavy (non-hydrogen) atoms. The minimum absolute atomic E-state index is 0.0928. The van der Waals surface area contributed by atoms with Crippen molar-refractivity contribution in [2.75, 3.05) is 5.32 Å². The van der Waals surface area contributed by atoms with Crippen LogP contribution in [0.2, 0.25) is 0 Å². The van der Waals surface area contributed by atoms with Crippen molar-refractivity contribution in [1.29, 1.82) is 0 Å². The van der Waals surface area contributed by atoms with Crippen LogP contribution in [0.25, 0.3) is 0 Å². The third-order valence-corrected chi connectivity index (χ3v) is 2.87. The molecule has 1 heterocycles. The molecule has 0 fully saturated rings. The van der Waals surface area contributed by atoms with Crippen molar-refractivity contribution < 1.29 is 19.1 Å². The number of thiazole rings is 1. The molecular weight excluding hydrogens is 306 g/mol. The molecule has 0 aliphatic carbocycles. The van der Waals surface area contributed by atoms with E-state index >= 15 is 0 Å². The smallest absolute Gasteiger partial charge is 0.413 e. The fraction of sp³-hybridized carbons (Fsp3) is 0.643. The van der Waals surface area contributed by atoms with Crippen LogP contribution in [0.5, 0.6) is 0 Å². The summed E-state index contributed by atoms with van der Waals surface area (Å²) in [6, 6.07) is 0. The van der Waals surface area contributed by atoms with Crippen LogP contribution in [0.15, 0.2) is 6.20 Å². The number of nitrogens with zero attached hydrogens (tertiary/aromatic N) is 1. The Hall–Kier alpha value is -1.83. The number of ether oxygens (including phenoxy) is 2. The summed E-state index contributed by atoms with van der Waals surface area (Å²) in [6.07, 6.45) is 0.476. The topological polar surface area (TPSA) is 89.5 Å². The molecule has 8 heteroatoms. The van der Waals surface area contributed by atoms with Gasteiger partial charge in [0.25, 0.3) is 0 Å². The van der Waals surface area contributed by atoms with Crippen molar-refractivity contribution in [3.63, 3.8) is 0 Å². The van der Waals surface area contributed by atoms with Crippen LogP contribution in [0.4, 0.5) is 14.7 Å². The molecule has 2 amide bonds. The Balaban J connectivity index is 2.45. The van der Waals surface area contributed by atoms with E-state index in [4.69, 9.17) is 9.47 Å². The monoisotopic (exact) mass is 329 g/mol. The molecule has 1 aromatic heterocycles. The summed E-state index contributed by atoms with van der Waals surface area (Å²) >= 11 is 1.22. The van der Waals surface area contributed by atoms with Crippen LogP contribution in [0, 0.1) is 0 Å². The van der Waals surface area contributed by atoms with Gasteiger partial charge in [0, 0.05) is 11.7 Å². The first-order valence-electron chi connectivity index (χ1n) is 6.84. The van der Waals surface area contributed by atoms with Crippen LogP contribution >= 0.6 is 11.3 Å². The van der Waals surface area contributed by atoms with Crippen molar-refractivity contribution in [2.45, 2.75) is 59.3 Å². The molecule has 0 unspecified atom stereocenters. The number of amides is 2. The Morgan fingerprint density at radius 1 is 1.18 bits per heavy atom. The third-order valence-electron chi connectivity index (χ3n) is 1.98. The van der Waals surface area contributed by atoms with Gasteiger partial charge in [-0.3, -0.25) is 5.32 Å². The standard InChI is InChI=1S/C14H23N3O4S/c1-13(2,3)17-12(19)20-8-9-7-15-10(22-9)16-11(18)21-14(4,5)6/h7H,8H2,1-6H3,(H,17,19)(H,15,16,18). The average molecular weight is 329 g/mol. The van der Waals surface area contributed by atoms with Gasteiger partial charge < -0.3 is 14.8 Å². The zero-order valence-corrected chi connectivity index (χ0v) is 14.6. The summed E-state index contributed by atoms with van der Waals surface area (Å²) in [7, 11) is 0. The van der Waals surface area contributed by atoms with E-state index in [2.05, 4.69) is 15.6 Å². The van der Waals surface area contributed by atoms with Gasteiger partial charge in [0.2, 0.25) is 0 Å². The second-order valence-electron chi connectivity index (χ2n) is 6.71. The van der Waals surface area contributed by atoms with Gasteiger partial charge in [0.1, 0.15) is 12.2 Å². The molecule has 2 N–H and O–H groups in total. The first-order chi connectivity index (χ1) is 9.94. The minimum Gasteiger partial charge on any atom is -0.444 e. The maximum Gasteiger partial charge on any atom is 0.413 e. The summed E-state index contributed by atoms with van der Waals surface area (Å²) in [6.45, 7) is 11.0. The Kier molecular flexibility index (Phi) is 5.76. The van der Waals surface area contributed by atoms with Gasteiger partial charge in [-0.2, -0.15) is 0 Å². The number of hydrogen-bond acceptors (Lipinski definition) is 6. The number of aromatic nitrogens is 1. The number of carbonyl (C=O) groups is 2. The van der Waals surface area contributed by atoms with Gasteiger partial charge in [-0.15, -0.1) is 0 Å². The van der Waals surface area contributed by atoms with Crippen LogP contribution in [-0.2, 0) is 16.1 Å². The second-order valence-corrected chi connectivity index (χ2v) is 7.82. The Morgan fingerprint density at radius 3 is 2.36 bits per heavy atom. The molecule has 0 aromatic carbocycles. The highest BCUT2D eigenvalue weighted by Gasteiger charge is 2.18. The third kappa shape index (κ3) is 7.82. The molecule has 1 rings (SSSR count). The largest absolute Gasteiger partial charge is 0.444 e. The zero-order valence-electron chi connectivity index (χ0n) is 13.8. The molecule has 124 valence electrons. The van der Waals surface area contributed by atoms with Crippen LogP contribution < -0.4 is 10.6 Å². The Morgan fingerprint density at radius 2 is 1.82 bits per heavy atom. The van der Waals surface area contributed by atoms with Gasteiger partial charge in [-0.05, 0) is 41.5 Å². The first kappa shape index (κ1) is 18.2. The number of nitrogens with one attached hydrogen (secondary N) is 2. The molecule has 1 aromatic rings. The lowest BCUT2D eigenvalue weighted by molar-refractivity contribution is 0.0635. The maximum absolute atomic E-state index is 11.6. The van der Waals surface area contributed by atoms with E-state index in [9.17, 15) is 9.59 Å². The van der Waals surface area contributed by atoms with E-state index < -0.39 is 17.8 Å². The maximum atomic E-state index is 11.6. The second kappa shape index (κ2) is 6.95. The SMILES string of the molecule is CC(C)(C)NC(=O)OCc1cnc(NC(=O)OC(C)(C)C)s1. The van der Waals surface area contributed by atoms with Crippen molar-refractivity contribution in [3.8, 4) is 0 Å². The minimum atomic E-state index is -0.571. The molecule has 0 radical (unpaired) electrons. The van der Waals surface area contributed by atoms with Gasteiger partial charge in [-0.1, -0.05) is 11.3 Å². The fourth-order valence-electron chi connectivity index (χ4n) is 1.30. The lowest BCUT2D eigenvalue weighted by Crippen LogP contribution is -2.40.